The molecule has 0 spiro atoms. The Bertz CT molecular complexity index is 3810. The SMILES string of the molecule is Cc1cccc2c1[C@@H](C)[C@@]1(Sc3ccccc3)C(=O)[C@]3(O)C(=O)c4c(OCc5ccccc5)noc4[C@@H](N(C)C)[C@@H]3C[C@H]1[C@H]2C.Cc1cccc2c1[C@@H](O)[C@@]1(Sc3ccccc3)C(=O)[C@]3(O)C(=O)c4c(OCc5ccccc5)noc4[C@@H](N(C)C)[C@@H]3C[C@H]1[C@H]2C. The van der Waals surface area contributed by atoms with E-state index in [1.807, 2.05) is 184 Å². The van der Waals surface area contributed by atoms with Crippen molar-refractivity contribution in [2.24, 2.45) is 23.7 Å². The van der Waals surface area contributed by atoms with Crippen LogP contribution in [0.1, 0.15) is 146 Å². The van der Waals surface area contributed by atoms with Gasteiger partial charge in [-0.1, -0.05) is 154 Å². The molecule has 14 atom stereocenters. The highest BCUT2D eigenvalue weighted by Crippen LogP contribution is 2.69. The summed E-state index contributed by atoms with van der Waals surface area (Å²) in [5, 5.41) is 46.3. The van der Waals surface area contributed by atoms with Crippen LogP contribution in [0.5, 0.6) is 11.8 Å². The third-order valence-electron chi connectivity index (χ3n) is 20.7. The number of Topliss-reactive ketones (excluding diaryl/α,β-unsaturated/α-hetero) is 4. The molecule has 0 amide bonds. The first kappa shape index (κ1) is 61.4. The summed E-state index contributed by atoms with van der Waals surface area (Å²) in [6.45, 7) is 10.7. The van der Waals surface area contributed by atoms with E-state index in [2.05, 4.69) is 56.2 Å². The molecule has 6 aliphatic rings. The van der Waals surface area contributed by atoms with Gasteiger partial charge in [0.25, 0.3) is 11.8 Å². The second-order valence-corrected chi connectivity index (χ2v) is 28.5. The van der Waals surface area contributed by atoms with Crippen LogP contribution in [0, 0.1) is 37.5 Å². The number of rotatable bonds is 12. The number of benzene rings is 6. The zero-order valence-electron chi connectivity index (χ0n) is 51.8. The van der Waals surface area contributed by atoms with Gasteiger partial charge in [0.15, 0.2) is 34.3 Å². The molecule has 8 aromatic rings. The molecular weight excluding hydrogens is 1170 g/mol. The molecule has 0 bridgehead atoms. The number of aromatic nitrogens is 2. The normalized spacial score (nSPS) is 30.3. The minimum atomic E-state index is -2.46. The van der Waals surface area contributed by atoms with Gasteiger partial charge in [0.05, 0.1) is 16.8 Å². The maximum Gasteiger partial charge on any atom is 0.265 e. The van der Waals surface area contributed by atoms with Crippen molar-refractivity contribution in [2.45, 2.75) is 127 Å². The molecule has 0 unspecified atom stereocenters. The molecule has 2 saturated carbocycles. The largest absolute Gasteiger partial charge is 0.470 e. The summed E-state index contributed by atoms with van der Waals surface area (Å²) in [5.74, 6) is -4.56. The molecule has 15 nitrogen and oxygen atoms in total. The Morgan fingerprint density at radius 3 is 1.32 bits per heavy atom. The van der Waals surface area contributed by atoms with E-state index in [0.717, 1.165) is 43.2 Å². The van der Waals surface area contributed by atoms with Gasteiger partial charge in [-0.05, 0) is 158 Å². The quantitative estimate of drug-likeness (QED) is 0.0973. The number of carbonyl (C=O) groups excluding carboxylic acids is 4. The van der Waals surface area contributed by atoms with Crippen molar-refractivity contribution in [2.75, 3.05) is 28.2 Å². The molecule has 0 radical (unpaired) electrons. The van der Waals surface area contributed by atoms with E-state index in [0.29, 0.717) is 24.2 Å². The second kappa shape index (κ2) is 23.3. The Morgan fingerprint density at radius 1 is 0.511 bits per heavy atom. The number of ketones is 4. The first-order chi connectivity index (χ1) is 43.2. The third-order valence-corrected chi connectivity index (χ3v) is 23.9. The van der Waals surface area contributed by atoms with Crippen molar-refractivity contribution in [3.8, 4) is 11.8 Å². The highest BCUT2D eigenvalue weighted by Gasteiger charge is 2.75. The summed E-state index contributed by atoms with van der Waals surface area (Å²) in [6.07, 6.45) is -0.515. The van der Waals surface area contributed by atoms with Crippen LogP contribution in [0.2, 0.25) is 0 Å². The van der Waals surface area contributed by atoms with Gasteiger partial charge >= 0.3 is 0 Å². The summed E-state index contributed by atoms with van der Waals surface area (Å²) in [7, 11) is 7.43. The number of aryl methyl sites for hydroxylation is 2. The van der Waals surface area contributed by atoms with E-state index in [1.54, 1.807) is 0 Å². The van der Waals surface area contributed by atoms with Gasteiger partial charge in [-0.2, -0.15) is 0 Å². The maximum absolute atomic E-state index is 15.5. The summed E-state index contributed by atoms with van der Waals surface area (Å²) >= 11 is 2.76. The van der Waals surface area contributed by atoms with Gasteiger partial charge in [0.2, 0.25) is 11.6 Å². The average Bonchev–Trinajstić information content (AvgIpc) is 0.934. The van der Waals surface area contributed by atoms with Gasteiger partial charge in [-0.15, -0.1) is 23.5 Å². The fraction of sp³-hybridized carbons (Fsp3) is 0.370. The number of nitrogens with zero attached hydrogens (tertiary/aromatic N) is 4. The van der Waals surface area contributed by atoms with Crippen molar-refractivity contribution in [3.05, 3.63) is 225 Å². The molecule has 2 heterocycles. The minimum Gasteiger partial charge on any atom is -0.470 e. The van der Waals surface area contributed by atoms with Crippen LogP contribution in [0.15, 0.2) is 177 Å². The predicted octanol–water partition coefficient (Wildman–Crippen LogP) is 12.4. The van der Waals surface area contributed by atoms with Crippen LogP contribution in [0.4, 0.5) is 0 Å². The van der Waals surface area contributed by atoms with Crippen LogP contribution in [-0.4, -0.2) is 107 Å². The Kier molecular flexibility index (Phi) is 15.9. The zero-order chi connectivity index (χ0) is 63.3. The zero-order valence-corrected chi connectivity index (χ0v) is 53.5. The molecule has 6 aliphatic carbocycles. The fourth-order valence-corrected chi connectivity index (χ4v) is 19.8. The molecule has 17 heteroatoms. The molecule has 2 aromatic heterocycles. The number of thioether (sulfide) groups is 2. The Labute approximate surface area is 532 Å². The summed E-state index contributed by atoms with van der Waals surface area (Å²) in [4.78, 5) is 65.7. The lowest BCUT2D eigenvalue weighted by Crippen LogP contribution is -2.72. The van der Waals surface area contributed by atoms with Crippen LogP contribution >= 0.6 is 23.5 Å². The lowest BCUT2D eigenvalue weighted by Gasteiger charge is -2.60. The van der Waals surface area contributed by atoms with Crippen LogP contribution in [-0.2, 0) is 22.8 Å². The highest BCUT2D eigenvalue weighted by molar-refractivity contribution is 8.01. The first-order valence-corrected chi connectivity index (χ1v) is 32.5. The predicted molar refractivity (Wildman–Crippen MR) is 342 cm³/mol. The van der Waals surface area contributed by atoms with E-state index in [-0.39, 0.29) is 65.5 Å². The highest BCUT2D eigenvalue weighted by atomic mass is 32.2. The second-order valence-electron chi connectivity index (χ2n) is 25.8. The Hall–Kier alpha value is -7.48. The fourth-order valence-electron chi connectivity index (χ4n) is 16.5. The molecule has 14 rings (SSSR count). The lowest BCUT2D eigenvalue weighted by atomic mass is 9.49. The maximum atomic E-state index is 15.5. The van der Waals surface area contributed by atoms with Crippen molar-refractivity contribution in [1.29, 1.82) is 0 Å². The topological polar surface area (TPSA) is 206 Å². The number of aliphatic hydroxyl groups excluding tert-OH is 1. The molecule has 0 saturated heterocycles. The summed E-state index contributed by atoms with van der Waals surface area (Å²) in [6, 6.07) is 49.4. The van der Waals surface area contributed by atoms with Crippen molar-refractivity contribution in [1.82, 2.24) is 20.1 Å². The van der Waals surface area contributed by atoms with Gasteiger partial charge in [-0.3, -0.25) is 29.0 Å². The number of fused-ring (bicyclic) bond motifs is 8. The number of aliphatic hydroxyl groups is 3. The van der Waals surface area contributed by atoms with Crippen LogP contribution in [0.3, 0.4) is 0 Å². The number of hydrogen-bond donors (Lipinski definition) is 3. The van der Waals surface area contributed by atoms with Crippen molar-refractivity contribution >= 4 is 46.7 Å². The van der Waals surface area contributed by atoms with E-state index >= 15 is 9.59 Å². The standard InChI is InChI=1S/C37H38N2O5S.C36H36N2O6S/c1-21-13-12-18-26-22(2)27-19-28-31(39(4)5)32-30(34(38-44-32)43-20-24-14-8-6-9-15-24)33(40)36(28,42)35(41)37(27,23(3)29(21)26)45-25-16-10-7-11-17-25;1-20-12-11-17-24-21(2)25-18-26-29(38(3)4)30-28(33(37-44-30)43-19-22-13-7-5-8-14-22)31(39)35(26,42)34(41)36(25,32(40)27(20)24)45-23-15-9-6-10-16-23/h6-18,22-23,27-28,31,42H,19-20H2,1-5H3;5-17,21,25-26,29,32,40,42H,18-19H2,1-4H3/t22-,23+,27-,28-,31-,36+,37-;21-,25-,26-,29-,32+,35+,36+/m00/s1. The molecule has 3 N–H and O–H groups in total. The first-order valence-electron chi connectivity index (χ1n) is 30.9. The molecular formula is C73H74N4O11S2. The summed E-state index contributed by atoms with van der Waals surface area (Å²) < 4.78 is 21.1. The molecule has 2 fully saturated rings. The van der Waals surface area contributed by atoms with Crippen LogP contribution < -0.4 is 9.47 Å². The van der Waals surface area contributed by atoms with Gasteiger partial charge in [-0.25, -0.2) is 0 Å². The molecule has 90 heavy (non-hydrogen) atoms. The monoisotopic (exact) mass is 1250 g/mol. The van der Waals surface area contributed by atoms with Crippen LogP contribution in [0.25, 0.3) is 0 Å². The van der Waals surface area contributed by atoms with Crippen molar-refractivity contribution < 1.29 is 53.0 Å². The third kappa shape index (κ3) is 9.26. The molecule has 6 aromatic carbocycles. The van der Waals surface area contributed by atoms with E-state index in [1.165, 1.54) is 29.1 Å². The Morgan fingerprint density at radius 2 is 0.889 bits per heavy atom. The lowest BCUT2D eigenvalue weighted by molar-refractivity contribution is -0.160. The Balaban J connectivity index is 0.000000165. The molecule has 464 valence electrons. The average molecular weight is 1250 g/mol. The van der Waals surface area contributed by atoms with Crippen molar-refractivity contribution in [3.63, 3.8) is 0 Å². The summed E-state index contributed by atoms with van der Waals surface area (Å²) in [5.41, 5.74) is 3.03. The van der Waals surface area contributed by atoms with Gasteiger partial charge in [0, 0.05) is 27.5 Å². The van der Waals surface area contributed by atoms with Gasteiger partial charge < -0.3 is 33.8 Å². The number of carbonyl (C=O) groups is 4. The number of hydrogen-bond acceptors (Lipinski definition) is 17. The minimum absolute atomic E-state index is 0.00325. The van der Waals surface area contributed by atoms with Gasteiger partial charge in [0.1, 0.15) is 35.2 Å². The van der Waals surface area contributed by atoms with E-state index < -0.39 is 79.8 Å². The van der Waals surface area contributed by atoms with E-state index in [4.69, 9.17) is 18.5 Å². The number of ether oxygens (including phenoxy) is 2. The smallest absolute Gasteiger partial charge is 0.265 e. The molecule has 0 aliphatic heterocycles. The van der Waals surface area contributed by atoms with E-state index in [9.17, 15) is 24.9 Å².